The molecule has 0 fully saturated rings. The summed E-state index contributed by atoms with van der Waals surface area (Å²) in [6, 6.07) is 9.51. The molecule has 0 N–H and O–H groups in total. The lowest BCUT2D eigenvalue weighted by molar-refractivity contribution is -0.136. The quantitative estimate of drug-likeness (QED) is 0.795. The van der Waals surface area contributed by atoms with E-state index < -0.39 is 17.8 Å². The summed E-state index contributed by atoms with van der Waals surface area (Å²) in [6.07, 6.45) is 0.584. The van der Waals surface area contributed by atoms with Crippen LogP contribution in [-0.2, 0) is 9.53 Å². The van der Waals surface area contributed by atoms with Gasteiger partial charge in [-0.3, -0.25) is 4.99 Å². The first kappa shape index (κ1) is 16.3. The summed E-state index contributed by atoms with van der Waals surface area (Å²) in [5.41, 5.74) is 2.52. The molecule has 0 aromatic heterocycles. The summed E-state index contributed by atoms with van der Waals surface area (Å²) in [5, 5.41) is 10.1. The van der Waals surface area contributed by atoms with Gasteiger partial charge in [-0.15, -0.1) is 0 Å². The van der Waals surface area contributed by atoms with Crippen LogP contribution in [0.2, 0.25) is 5.02 Å². The molecule has 2 atom stereocenters. The van der Waals surface area contributed by atoms with E-state index in [9.17, 15) is 10.1 Å². The van der Waals surface area contributed by atoms with Crippen LogP contribution in [0, 0.1) is 17.2 Å². The number of benzene rings is 1. The van der Waals surface area contributed by atoms with Crippen molar-refractivity contribution in [3.05, 3.63) is 46.1 Å². The van der Waals surface area contributed by atoms with Crippen LogP contribution in [0.3, 0.4) is 0 Å². The summed E-state index contributed by atoms with van der Waals surface area (Å²) >= 11 is 6.31. The van der Waals surface area contributed by atoms with Gasteiger partial charge in [0.15, 0.2) is 0 Å². The standard InChI is InChI=1S/C17H17ClN2O2/c1-4-14-16(17(21)22-3)15(12(9-19)10(2)20-14)11-7-5-6-8-13(11)18/h5-8,12,15H,4H2,1-3H3. The minimum atomic E-state index is -0.538. The lowest BCUT2D eigenvalue weighted by Crippen LogP contribution is -2.29. The van der Waals surface area contributed by atoms with E-state index in [1.54, 1.807) is 13.0 Å². The maximum Gasteiger partial charge on any atom is 0.336 e. The molecule has 0 aliphatic carbocycles. The predicted molar refractivity (Wildman–Crippen MR) is 85.7 cm³/mol. The van der Waals surface area contributed by atoms with Crippen molar-refractivity contribution in [1.29, 1.82) is 5.26 Å². The van der Waals surface area contributed by atoms with E-state index in [-0.39, 0.29) is 0 Å². The maximum absolute atomic E-state index is 12.3. The number of halogens is 1. The smallest absolute Gasteiger partial charge is 0.336 e. The fraction of sp³-hybridized carbons (Fsp3) is 0.353. The average molecular weight is 317 g/mol. The van der Waals surface area contributed by atoms with Crippen LogP contribution < -0.4 is 0 Å². The number of esters is 1. The minimum absolute atomic E-state index is 0.426. The largest absolute Gasteiger partial charge is 0.466 e. The van der Waals surface area contributed by atoms with E-state index in [4.69, 9.17) is 16.3 Å². The fourth-order valence-corrected chi connectivity index (χ4v) is 3.04. The number of rotatable bonds is 3. The summed E-state index contributed by atoms with van der Waals surface area (Å²) in [7, 11) is 1.33. The zero-order valence-corrected chi connectivity index (χ0v) is 13.5. The molecule has 4 nitrogen and oxygen atoms in total. The minimum Gasteiger partial charge on any atom is -0.466 e. The highest BCUT2D eigenvalue weighted by molar-refractivity contribution is 6.31. The van der Waals surface area contributed by atoms with E-state index in [1.165, 1.54) is 7.11 Å². The Labute approximate surface area is 135 Å². The molecular weight excluding hydrogens is 300 g/mol. The first-order valence-corrected chi connectivity index (χ1v) is 7.43. The maximum atomic E-state index is 12.3. The SMILES string of the molecule is CCC1=C(C(=O)OC)C(c2ccccc2Cl)C(C#N)C(C)=N1. The number of nitriles is 1. The second kappa shape index (κ2) is 6.76. The zero-order chi connectivity index (χ0) is 16.3. The van der Waals surface area contributed by atoms with Crippen molar-refractivity contribution in [1.82, 2.24) is 0 Å². The molecule has 0 spiro atoms. The number of methoxy groups -OCH3 is 1. The number of nitrogens with zero attached hydrogens (tertiary/aromatic N) is 2. The number of hydrogen-bond acceptors (Lipinski definition) is 4. The van der Waals surface area contributed by atoms with Crippen LogP contribution in [0.25, 0.3) is 0 Å². The molecule has 0 saturated heterocycles. The molecule has 1 aromatic carbocycles. The molecule has 2 unspecified atom stereocenters. The van der Waals surface area contributed by atoms with E-state index in [0.29, 0.717) is 28.4 Å². The Balaban J connectivity index is 2.72. The molecule has 2 rings (SSSR count). The van der Waals surface area contributed by atoms with E-state index in [0.717, 1.165) is 5.56 Å². The van der Waals surface area contributed by atoms with Crippen LogP contribution in [0.15, 0.2) is 40.5 Å². The second-order valence-corrected chi connectivity index (χ2v) is 5.47. The van der Waals surface area contributed by atoms with Gasteiger partial charge in [-0.25, -0.2) is 4.79 Å². The van der Waals surface area contributed by atoms with E-state index in [2.05, 4.69) is 11.1 Å². The number of carbonyl (C=O) groups excluding carboxylic acids is 1. The van der Waals surface area contributed by atoms with Crippen LogP contribution in [-0.4, -0.2) is 18.8 Å². The Bertz CT molecular complexity index is 701. The van der Waals surface area contributed by atoms with Crippen molar-refractivity contribution in [3.63, 3.8) is 0 Å². The molecule has 5 heteroatoms. The third-order valence-corrected chi connectivity index (χ3v) is 4.18. The third-order valence-electron chi connectivity index (χ3n) is 3.84. The molecule has 1 heterocycles. The molecule has 0 bridgehead atoms. The Kier molecular flexibility index (Phi) is 4.99. The predicted octanol–water partition coefficient (Wildman–Crippen LogP) is 3.87. The third kappa shape index (κ3) is 2.77. The number of allylic oxidation sites excluding steroid dienone is 1. The number of hydrogen-bond donors (Lipinski definition) is 0. The van der Waals surface area contributed by atoms with Crippen molar-refractivity contribution in [2.75, 3.05) is 7.11 Å². The molecule has 0 saturated carbocycles. The molecule has 114 valence electrons. The summed E-state index contributed by atoms with van der Waals surface area (Å²) in [4.78, 5) is 16.7. The molecule has 22 heavy (non-hydrogen) atoms. The normalized spacial score (nSPS) is 21.1. The van der Waals surface area contributed by atoms with Gasteiger partial charge in [0, 0.05) is 16.7 Å². The lowest BCUT2D eigenvalue weighted by Gasteiger charge is -2.30. The lowest BCUT2D eigenvalue weighted by atomic mass is 9.76. The first-order valence-electron chi connectivity index (χ1n) is 7.05. The van der Waals surface area contributed by atoms with Gasteiger partial charge in [-0.1, -0.05) is 36.7 Å². The molecule has 1 aromatic rings. The van der Waals surface area contributed by atoms with Crippen LogP contribution in [0.1, 0.15) is 31.7 Å². The van der Waals surface area contributed by atoms with Crippen molar-refractivity contribution >= 4 is 23.3 Å². The second-order valence-electron chi connectivity index (χ2n) is 5.06. The average Bonchev–Trinajstić information content (AvgIpc) is 2.53. The molecule has 0 amide bonds. The van der Waals surface area contributed by atoms with Crippen molar-refractivity contribution in [3.8, 4) is 6.07 Å². The van der Waals surface area contributed by atoms with Gasteiger partial charge in [-0.2, -0.15) is 5.26 Å². The number of ether oxygens (including phenoxy) is 1. The Morgan fingerprint density at radius 1 is 1.45 bits per heavy atom. The monoisotopic (exact) mass is 316 g/mol. The van der Waals surface area contributed by atoms with Crippen LogP contribution >= 0.6 is 11.6 Å². The van der Waals surface area contributed by atoms with Crippen molar-refractivity contribution in [2.45, 2.75) is 26.2 Å². The molecule has 1 aliphatic heterocycles. The van der Waals surface area contributed by atoms with Crippen molar-refractivity contribution in [2.24, 2.45) is 10.9 Å². The van der Waals surface area contributed by atoms with Crippen LogP contribution in [0.5, 0.6) is 0 Å². The molecule has 1 aliphatic rings. The van der Waals surface area contributed by atoms with Gasteiger partial charge >= 0.3 is 5.97 Å². The summed E-state index contributed by atoms with van der Waals surface area (Å²) in [5.74, 6) is -1.46. The van der Waals surface area contributed by atoms with E-state index >= 15 is 0 Å². The first-order chi connectivity index (χ1) is 10.5. The number of carbonyl (C=O) groups is 1. The highest BCUT2D eigenvalue weighted by atomic mass is 35.5. The fourth-order valence-electron chi connectivity index (χ4n) is 2.78. The van der Waals surface area contributed by atoms with Gasteiger partial charge in [0.1, 0.15) is 0 Å². The topological polar surface area (TPSA) is 62.5 Å². The highest BCUT2D eigenvalue weighted by Crippen LogP contribution is 2.42. The van der Waals surface area contributed by atoms with Gasteiger partial charge in [0.05, 0.1) is 30.4 Å². The number of aliphatic imine (C=N–C) groups is 1. The summed E-state index contributed by atoms with van der Waals surface area (Å²) < 4.78 is 4.92. The Morgan fingerprint density at radius 3 is 2.68 bits per heavy atom. The Morgan fingerprint density at radius 2 is 2.14 bits per heavy atom. The summed E-state index contributed by atoms with van der Waals surface area (Å²) in [6.45, 7) is 3.73. The van der Waals surface area contributed by atoms with Gasteiger partial charge in [-0.05, 0) is 25.0 Å². The highest BCUT2D eigenvalue weighted by Gasteiger charge is 2.38. The van der Waals surface area contributed by atoms with Crippen molar-refractivity contribution < 1.29 is 9.53 Å². The Hall–Kier alpha value is -2.12. The van der Waals surface area contributed by atoms with E-state index in [1.807, 2.05) is 25.1 Å². The zero-order valence-electron chi connectivity index (χ0n) is 12.8. The molecular formula is C17H17ClN2O2. The van der Waals surface area contributed by atoms with Gasteiger partial charge in [0.2, 0.25) is 0 Å². The molecule has 0 radical (unpaired) electrons. The van der Waals surface area contributed by atoms with Gasteiger partial charge in [0.25, 0.3) is 0 Å². The van der Waals surface area contributed by atoms with Gasteiger partial charge < -0.3 is 4.74 Å². The van der Waals surface area contributed by atoms with Crippen LogP contribution in [0.4, 0.5) is 0 Å².